The molecule has 1 aromatic carbocycles. The van der Waals surface area contributed by atoms with Crippen molar-refractivity contribution < 1.29 is 9.59 Å². The Kier molecular flexibility index (Phi) is 5.23. The number of hydrogen-bond donors (Lipinski definition) is 0. The lowest BCUT2D eigenvalue weighted by Crippen LogP contribution is -2.55. The topological polar surface area (TPSA) is 66.4 Å². The van der Waals surface area contributed by atoms with Crippen molar-refractivity contribution in [1.29, 1.82) is 0 Å². The smallest absolute Gasteiger partial charge is 0.270 e. The molecule has 29 heavy (non-hydrogen) atoms. The fourth-order valence-corrected chi connectivity index (χ4v) is 5.14. The van der Waals surface area contributed by atoms with E-state index in [1.807, 2.05) is 43.0 Å². The minimum Gasteiger partial charge on any atom is -0.303 e. The largest absolute Gasteiger partial charge is 0.303 e. The van der Waals surface area contributed by atoms with E-state index in [1.54, 1.807) is 15.9 Å². The van der Waals surface area contributed by atoms with Gasteiger partial charge in [0.2, 0.25) is 0 Å². The zero-order chi connectivity index (χ0) is 20.7. The van der Waals surface area contributed by atoms with Gasteiger partial charge in [0.15, 0.2) is 0 Å². The second-order valence-electron chi connectivity index (χ2n) is 7.42. The summed E-state index contributed by atoms with van der Waals surface area (Å²) in [6, 6.07) is 7.48. The Morgan fingerprint density at radius 3 is 2.03 bits per heavy atom. The second kappa shape index (κ2) is 7.68. The minimum absolute atomic E-state index is 0.0581. The molecule has 2 amide bonds. The van der Waals surface area contributed by atoms with Crippen molar-refractivity contribution in [2.24, 2.45) is 5.92 Å². The zero-order valence-electron chi connectivity index (χ0n) is 16.7. The SMILES string of the molecule is Cc1ncsc1C(=O)N1C[C@H](C(C)C)N(C(=O)c2scnc2C)c2ccccc21. The fourth-order valence-electron chi connectivity index (χ4n) is 3.65. The molecule has 0 N–H and O–H groups in total. The molecule has 3 heterocycles. The third kappa shape index (κ3) is 3.36. The normalized spacial score (nSPS) is 16.2. The highest BCUT2D eigenvalue weighted by atomic mass is 32.1. The molecule has 1 aliphatic rings. The number of carbonyl (C=O) groups excluding carboxylic acids is 2. The summed E-state index contributed by atoms with van der Waals surface area (Å²) < 4.78 is 0. The van der Waals surface area contributed by atoms with E-state index in [0.29, 0.717) is 16.3 Å². The number of thiazole rings is 2. The van der Waals surface area contributed by atoms with Gasteiger partial charge < -0.3 is 9.80 Å². The van der Waals surface area contributed by atoms with Gasteiger partial charge in [-0.2, -0.15) is 0 Å². The highest BCUT2D eigenvalue weighted by molar-refractivity contribution is 7.12. The van der Waals surface area contributed by atoms with Crippen LogP contribution in [-0.2, 0) is 0 Å². The van der Waals surface area contributed by atoms with Gasteiger partial charge in [-0.3, -0.25) is 9.59 Å². The van der Waals surface area contributed by atoms with Crippen LogP contribution in [0.1, 0.15) is 44.6 Å². The average Bonchev–Trinajstić information content (AvgIpc) is 3.33. The van der Waals surface area contributed by atoms with Gasteiger partial charge in [-0.15, -0.1) is 22.7 Å². The Balaban J connectivity index is 1.82. The van der Waals surface area contributed by atoms with Crippen LogP contribution in [0, 0.1) is 19.8 Å². The third-order valence-electron chi connectivity index (χ3n) is 5.25. The number of aromatic nitrogens is 2. The Labute approximate surface area is 177 Å². The van der Waals surface area contributed by atoms with Crippen molar-refractivity contribution in [3.05, 3.63) is 56.4 Å². The van der Waals surface area contributed by atoms with Crippen LogP contribution in [0.5, 0.6) is 0 Å². The maximum Gasteiger partial charge on any atom is 0.270 e. The number of amides is 2. The number of rotatable bonds is 3. The molecule has 0 fully saturated rings. The summed E-state index contributed by atoms with van der Waals surface area (Å²) in [6.07, 6.45) is 0. The molecule has 0 unspecified atom stereocenters. The number of hydrogen-bond acceptors (Lipinski definition) is 6. The number of benzene rings is 1. The lowest BCUT2D eigenvalue weighted by Gasteiger charge is -2.44. The van der Waals surface area contributed by atoms with Crippen molar-refractivity contribution in [2.75, 3.05) is 16.3 Å². The summed E-state index contributed by atoms with van der Waals surface area (Å²) in [5.74, 6) is 0.0415. The molecule has 3 aromatic rings. The van der Waals surface area contributed by atoms with Crippen LogP contribution in [0.15, 0.2) is 35.3 Å². The van der Waals surface area contributed by atoms with Crippen molar-refractivity contribution in [3.8, 4) is 0 Å². The molecule has 0 saturated carbocycles. The number of anilines is 2. The predicted molar refractivity (Wildman–Crippen MR) is 117 cm³/mol. The van der Waals surface area contributed by atoms with E-state index >= 15 is 0 Å². The van der Waals surface area contributed by atoms with E-state index in [9.17, 15) is 9.59 Å². The molecule has 150 valence electrons. The van der Waals surface area contributed by atoms with Crippen LogP contribution in [-0.4, -0.2) is 34.4 Å². The second-order valence-corrected chi connectivity index (χ2v) is 9.13. The number of nitrogens with zero attached hydrogens (tertiary/aromatic N) is 4. The molecule has 1 aliphatic heterocycles. The van der Waals surface area contributed by atoms with E-state index in [2.05, 4.69) is 23.8 Å². The number of fused-ring (bicyclic) bond motifs is 1. The van der Waals surface area contributed by atoms with Crippen LogP contribution in [0.2, 0.25) is 0 Å². The molecule has 0 aliphatic carbocycles. The quantitative estimate of drug-likeness (QED) is 0.616. The van der Waals surface area contributed by atoms with Gasteiger partial charge in [-0.1, -0.05) is 26.0 Å². The summed E-state index contributed by atoms with van der Waals surface area (Å²) in [4.78, 5) is 40.3. The summed E-state index contributed by atoms with van der Waals surface area (Å²) in [5, 5.41) is 0. The van der Waals surface area contributed by atoms with E-state index < -0.39 is 0 Å². The standard InChI is InChI=1S/C21H22N4O2S2/c1-12(2)17-9-24(20(26)18-13(3)22-10-28-18)15-7-5-6-8-16(15)25(17)21(27)19-14(4)23-11-29-19/h5-8,10-12,17H,9H2,1-4H3/t17-/m1/s1. The van der Waals surface area contributed by atoms with Gasteiger partial charge in [0.05, 0.1) is 39.8 Å². The molecular formula is C21H22N4O2S2. The lowest BCUT2D eigenvalue weighted by molar-refractivity contribution is 0.0946. The van der Waals surface area contributed by atoms with Gasteiger partial charge in [0.1, 0.15) is 9.75 Å². The maximum absolute atomic E-state index is 13.5. The summed E-state index contributed by atoms with van der Waals surface area (Å²) in [7, 11) is 0. The Bertz CT molecular complexity index is 1070. The highest BCUT2D eigenvalue weighted by Gasteiger charge is 2.40. The first-order chi connectivity index (χ1) is 13.9. The molecule has 4 rings (SSSR count). The van der Waals surface area contributed by atoms with E-state index in [0.717, 1.165) is 22.8 Å². The van der Waals surface area contributed by atoms with Crippen LogP contribution >= 0.6 is 22.7 Å². The Hall–Kier alpha value is -2.58. The maximum atomic E-state index is 13.5. The third-order valence-corrected chi connectivity index (χ3v) is 7.08. The van der Waals surface area contributed by atoms with Crippen molar-refractivity contribution in [3.63, 3.8) is 0 Å². The molecule has 6 nitrogen and oxygen atoms in total. The molecule has 0 spiro atoms. The van der Waals surface area contributed by atoms with Gasteiger partial charge in [-0.05, 0) is 31.9 Å². The van der Waals surface area contributed by atoms with E-state index in [4.69, 9.17) is 0 Å². The van der Waals surface area contributed by atoms with E-state index in [-0.39, 0.29) is 23.8 Å². The highest BCUT2D eigenvalue weighted by Crippen LogP contribution is 2.40. The van der Waals surface area contributed by atoms with Crippen LogP contribution in [0.25, 0.3) is 0 Å². The number of aryl methyl sites for hydroxylation is 2. The fraction of sp³-hybridized carbons (Fsp3) is 0.333. The first kappa shape index (κ1) is 19.7. The summed E-state index contributed by atoms with van der Waals surface area (Å²) in [5.41, 5.74) is 6.37. The summed E-state index contributed by atoms with van der Waals surface area (Å²) in [6.45, 7) is 8.31. The van der Waals surface area contributed by atoms with Crippen LogP contribution in [0.4, 0.5) is 11.4 Å². The van der Waals surface area contributed by atoms with Crippen LogP contribution in [0.3, 0.4) is 0 Å². The first-order valence-electron chi connectivity index (χ1n) is 9.44. The average molecular weight is 427 g/mol. The lowest BCUT2D eigenvalue weighted by atomic mass is 9.96. The Morgan fingerprint density at radius 1 is 0.966 bits per heavy atom. The number of carbonyl (C=O) groups is 2. The van der Waals surface area contributed by atoms with Gasteiger partial charge in [0.25, 0.3) is 11.8 Å². The number of para-hydroxylation sites is 2. The Morgan fingerprint density at radius 2 is 1.52 bits per heavy atom. The van der Waals surface area contributed by atoms with Gasteiger partial charge >= 0.3 is 0 Å². The molecule has 0 saturated heterocycles. The molecular weight excluding hydrogens is 404 g/mol. The first-order valence-corrected chi connectivity index (χ1v) is 11.2. The monoisotopic (exact) mass is 426 g/mol. The molecule has 8 heteroatoms. The predicted octanol–water partition coefficient (Wildman–Crippen LogP) is 4.55. The summed E-state index contributed by atoms with van der Waals surface area (Å²) >= 11 is 2.71. The molecule has 0 radical (unpaired) electrons. The van der Waals surface area contributed by atoms with Crippen molar-refractivity contribution in [1.82, 2.24) is 9.97 Å². The van der Waals surface area contributed by atoms with Gasteiger partial charge in [0, 0.05) is 6.54 Å². The van der Waals surface area contributed by atoms with Crippen molar-refractivity contribution in [2.45, 2.75) is 33.7 Å². The molecule has 2 aromatic heterocycles. The zero-order valence-corrected chi connectivity index (χ0v) is 18.4. The molecule has 0 bridgehead atoms. The van der Waals surface area contributed by atoms with E-state index in [1.165, 1.54) is 22.7 Å². The minimum atomic E-state index is -0.143. The molecule has 1 atom stereocenters. The van der Waals surface area contributed by atoms with Gasteiger partial charge in [-0.25, -0.2) is 9.97 Å². The van der Waals surface area contributed by atoms with Crippen molar-refractivity contribution >= 4 is 45.9 Å². The van der Waals surface area contributed by atoms with Crippen LogP contribution < -0.4 is 9.80 Å².